The van der Waals surface area contributed by atoms with Gasteiger partial charge in [-0.3, -0.25) is 9.48 Å². The summed E-state index contributed by atoms with van der Waals surface area (Å²) in [6, 6.07) is 11.9. The monoisotopic (exact) mass is 275 g/mol. The highest BCUT2D eigenvalue weighted by Crippen LogP contribution is 2.18. The number of amides is 1. The van der Waals surface area contributed by atoms with Crippen molar-refractivity contribution in [2.45, 2.75) is 18.2 Å². The minimum absolute atomic E-state index is 0.0198. The van der Waals surface area contributed by atoms with E-state index in [-0.39, 0.29) is 5.91 Å². The van der Waals surface area contributed by atoms with Crippen molar-refractivity contribution in [1.29, 1.82) is 0 Å². The largest absolute Gasteiger partial charge is 0.311 e. The fourth-order valence-corrected chi connectivity index (χ4v) is 2.58. The molecule has 1 N–H and O–H groups in total. The molecule has 0 saturated heterocycles. The lowest BCUT2D eigenvalue weighted by molar-refractivity contribution is -0.115. The first-order valence-corrected chi connectivity index (χ1v) is 7.12. The van der Waals surface area contributed by atoms with E-state index >= 15 is 0 Å². The third-order valence-corrected chi connectivity index (χ3v) is 3.62. The summed E-state index contributed by atoms with van der Waals surface area (Å²) in [5.74, 6) is 1.53. The first-order chi connectivity index (χ1) is 9.15. The molecule has 0 aliphatic heterocycles. The Bertz CT molecular complexity index is 551. The number of anilines is 1. The van der Waals surface area contributed by atoms with E-state index in [1.54, 1.807) is 16.4 Å². The predicted octanol–water partition coefficient (Wildman–Crippen LogP) is 2.85. The minimum Gasteiger partial charge on any atom is -0.311 e. The van der Waals surface area contributed by atoms with Crippen molar-refractivity contribution >= 4 is 23.5 Å². The van der Waals surface area contributed by atoms with Crippen molar-refractivity contribution in [3.63, 3.8) is 0 Å². The van der Waals surface area contributed by atoms with Gasteiger partial charge in [0.25, 0.3) is 0 Å². The Labute approximate surface area is 117 Å². The Morgan fingerprint density at radius 1 is 1.37 bits per heavy atom. The third-order valence-electron chi connectivity index (χ3n) is 2.61. The second-order valence-electron chi connectivity index (χ2n) is 4.25. The van der Waals surface area contributed by atoms with Crippen LogP contribution in [0.3, 0.4) is 0 Å². The topological polar surface area (TPSA) is 46.9 Å². The van der Waals surface area contributed by atoms with Crippen molar-refractivity contribution in [1.82, 2.24) is 9.78 Å². The number of nitrogens with one attached hydrogen (secondary N) is 1. The summed E-state index contributed by atoms with van der Waals surface area (Å²) in [7, 11) is 1.82. The molecule has 4 nitrogen and oxygen atoms in total. The fraction of sp³-hybridized carbons (Fsp3) is 0.286. The van der Waals surface area contributed by atoms with Gasteiger partial charge in [-0.05, 0) is 19.1 Å². The molecular weight excluding hydrogens is 258 g/mol. The van der Waals surface area contributed by atoms with Crippen molar-refractivity contribution < 1.29 is 4.79 Å². The minimum atomic E-state index is 0.0198. The average molecular weight is 275 g/mol. The normalized spacial score (nSPS) is 10.4. The number of hydrogen-bond acceptors (Lipinski definition) is 3. The van der Waals surface area contributed by atoms with E-state index in [1.165, 1.54) is 4.90 Å². The molecule has 19 heavy (non-hydrogen) atoms. The number of rotatable bonds is 5. The number of aryl methyl sites for hydroxylation is 2. The van der Waals surface area contributed by atoms with Crippen LogP contribution >= 0.6 is 11.8 Å². The molecule has 0 saturated carbocycles. The van der Waals surface area contributed by atoms with Gasteiger partial charge < -0.3 is 5.32 Å². The highest BCUT2D eigenvalue weighted by atomic mass is 32.2. The molecule has 1 aromatic carbocycles. The van der Waals surface area contributed by atoms with Crippen LogP contribution in [0.5, 0.6) is 0 Å². The fourth-order valence-electron chi connectivity index (χ4n) is 1.71. The van der Waals surface area contributed by atoms with Crippen molar-refractivity contribution in [2.24, 2.45) is 7.05 Å². The maximum Gasteiger partial charge on any atom is 0.226 e. The Morgan fingerprint density at radius 2 is 2.11 bits per heavy atom. The first-order valence-electron chi connectivity index (χ1n) is 6.13. The zero-order chi connectivity index (χ0) is 13.7. The quantitative estimate of drug-likeness (QED) is 0.854. The Kier molecular flexibility index (Phi) is 4.63. The Hall–Kier alpha value is -1.75. The van der Waals surface area contributed by atoms with Gasteiger partial charge in [0.2, 0.25) is 5.91 Å². The summed E-state index contributed by atoms with van der Waals surface area (Å²) in [5, 5.41) is 7.05. The van der Waals surface area contributed by atoms with E-state index in [9.17, 15) is 4.79 Å². The zero-order valence-electron chi connectivity index (χ0n) is 11.1. The number of hydrogen-bond donors (Lipinski definition) is 1. The van der Waals surface area contributed by atoms with Crippen LogP contribution in [0.1, 0.15) is 12.1 Å². The molecule has 1 amide bonds. The van der Waals surface area contributed by atoms with E-state index in [0.717, 1.165) is 17.3 Å². The van der Waals surface area contributed by atoms with Crippen LogP contribution in [-0.4, -0.2) is 21.4 Å². The molecule has 1 aromatic heterocycles. The second-order valence-corrected chi connectivity index (χ2v) is 5.42. The number of aromatic nitrogens is 2. The molecular formula is C14H17N3OS. The third kappa shape index (κ3) is 4.13. The molecule has 0 radical (unpaired) electrons. The average Bonchev–Trinajstić information content (AvgIpc) is 2.69. The van der Waals surface area contributed by atoms with Crippen molar-refractivity contribution in [3.05, 3.63) is 42.1 Å². The van der Waals surface area contributed by atoms with Crippen LogP contribution in [0, 0.1) is 6.92 Å². The van der Waals surface area contributed by atoms with Crippen LogP contribution in [0.25, 0.3) is 0 Å². The van der Waals surface area contributed by atoms with Gasteiger partial charge in [-0.25, -0.2) is 0 Å². The summed E-state index contributed by atoms with van der Waals surface area (Å²) in [4.78, 5) is 13.0. The lowest BCUT2D eigenvalue weighted by Gasteiger charge is -2.05. The molecule has 1 heterocycles. The SMILES string of the molecule is Cc1cc(NC(=O)CCSc2ccccc2)n(C)n1. The lowest BCUT2D eigenvalue weighted by atomic mass is 10.4. The van der Waals surface area contributed by atoms with Gasteiger partial charge in [0.1, 0.15) is 5.82 Å². The van der Waals surface area contributed by atoms with Crippen LogP contribution in [-0.2, 0) is 11.8 Å². The van der Waals surface area contributed by atoms with Crippen molar-refractivity contribution in [3.8, 4) is 0 Å². The van der Waals surface area contributed by atoms with Crippen LogP contribution in [0.4, 0.5) is 5.82 Å². The summed E-state index contributed by atoms with van der Waals surface area (Å²) in [6.07, 6.45) is 0.490. The molecule has 0 fully saturated rings. The molecule has 100 valence electrons. The van der Waals surface area contributed by atoms with Crippen molar-refractivity contribution in [2.75, 3.05) is 11.1 Å². The van der Waals surface area contributed by atoms with E-state index < -0.39 is 0 Å². The van der Waals surface area contributed by atoms with Crippen LogP contribution < -0.4 is 5.32 Å². The Balaban J connectivity index is 1.78. The number of carbonyl (C=O) groups is 1. The molecule has 0 spiro atoms. The van der Waals surface area contributed by atoms with E-state index in [2.05, 4.69) is 10.4 Å². The first kappa shape index (κ1) is 13.7. The van der Waals surface area contributed by atoms with E-state index in [0.29, 0.717) is 6.42 Å². The highest BCUT2D eigenvalue weighted by molar-refractivity contribution is 7.99. The van der Waals surface area contributed by atoms with Crippen LogP contribution in [0.15, 0.2) is 41.3 Å². The molecule has 0 unspecified atom stereocenters. The van der Waals surface area contributed by atoms with Gasteiger partial charge in [0.05, 0.1) is 5.69 Å². The number of carbonyl (C=O) groups excluding carboxylic acids is 1. The van der Waals surface area contributed by atoms with E-state index in [1.807, 2.05) is 50.4 Å². The molecule has 0 bridgehead atoms. The van der Waals surface area contributed by atoms with Gasteiger partial charge in [-0.2, -0.15) is 5.10 Å². The highest BCUT2D eigenvalue weighted by Gasteiger charge is 2.06. The standard InChI is InChI=1S/C14H17N3OS/c1-11-10-13(17(2)16-11)15-14(18)8-9-19-12-6-4-3-5-7-12/h3-7,10H,8-9H2,1-2H3,(H,15,18). The maximum absolute atomic E-state index is 11.8. The summed E-state index contributed by atoms with van der Waals surface area (Å²) in [6.45, 7) is 1.90. The second kappa shape index (κ2) is 6.43. The number of thioether (sulfide) groups is 1. The summed E-state index contributed by atoms with van der Waals surface area (Å²) >= 11 is 1.69. The smallest absolute Gasteiger partial charge is 0.226 e. The molecule has 0 atom stereocenters. The zero-order valence-corrected chi connectivity index (χ0v) is 11.9. The van der Waals surface area contributed by atoms with Crippen LogP contribution in [0.2, 0.25) is 0 Å². The molecule has 0 aliphatic rings. The number of benzene rings is 1. The summed E-state index contributed by atoms with van der Waals surface area (Å²) in [5.41, 5.74) is 0.900. The van der Waals surface area contributed by atoms with E-state index in [4.69, 9.17) is 0 Å². The predicted molar refractivity (Wildman–Crippen MR) is 78.4 cm³/mol. The van der Waals surface area contributed by atoms with Gasteiger partial charge in [-0.1, -0.05) is 18.2 Å². The van der Waals surface area contributed by atoms with Gasteiger partial charge >= 0.3 is 0 Å². The molecule has 0 aliphatic carbocycles. The molecule has 2 rings (SSSR count). The van der Waals surface area contributed by atoms with Gasteiger partial charge in [0.15, 0.2) is 0 Å². The van der Waals surface area contributed by atoms with Gasteiger partial charge in [0, 0.05) is 30.2 Å². The van der Waals surface area contributed by atoms with Gasteiger partial charge in [-0.15, -0.1) is 11.8 Å². The maximum atomic E-state index is 11.8. The molecule has 2 aromatic rings. The molecule has 5 heteroatoms. The lowest BCUT2D eigenvalue weighted by Crippen LogP contribution is -2.14. The Morgan fingerprint density at radius 3 is 2.74 bits per heavy atom. The number of nitrogens with zero attached hydrogens (tertiary/aromatic N) is 2. The summed E-state index contributed by atoms with van der Waals surface area (Å²) < 4.78 is 1.68.